The molecule has 0 saturated carbocycles. The predicted molar refractivity (Wildman–Crippen MR) is 125 cm³/mol. The number of carbonyl (C=O) groups excluding carboxylic acids is 1. The molecule has 0 radical (unpaired) electrons. The molecular formula is C26H24N2O2S. The van der Waals surface area contributed by atoms with E-state index >= 15 is 0 Å². The van der Waals surface area contributed by atoms with Crippen LogP contribution in [-0.4, -0.2) is 35.5 Å². The van der Waals surface area contributed by atoms with Gasteiger partial charge in [-0.1, -0.05) is 54.6 Å². The van der Waals surface area contributed by atoms with Crippen LogP contribution in [-0.2, 0) is 11.3 Å². The van der Waals surface area contributed by atoms with Gasteiger partial charge in [0.25, 0.3) is 5.91 Å². The minimum absolute atomic E-state index is 0.0642. The normalized spacial score (nSPS) is 15.9. The number of rotatable bonds is 6. The highest BCUT2D eigenvalue weighted by Gasteiger charge is 2.24. The molecule has 1 fully saturated rings. The lowest BCUT2D eigenvalue weighted by Gasteiger charge is -2.26. The Morgan fingerprint density at radius 2 is 1.84 bits per heavy atom. The van der Waals surface area contributed by atoms with E-state index in [-0.39, 0.29) is 5.91 Å². The first-order chi connectivity index (χ1) is 15.3. The molecule has 3 aromatic carbocycles. The van der Waals surface area contributed by atoms with Gasteiger partial charge in [-0.05, 0) is 41.3 Å². The first-order valence-corrected chi connectivity index (χ1v) is 11.5. The van der Waals surface area contributed by atoms with Gasteiger partial charge in [0, 0.05) is 31.2 Å². The largest absolute Gasteiger partial charge is 0.381 e. The average Bonchev–Trinajstić information content (AvgIpc) is 3.51. The van der Waals surface area contributed by atoms with Gasteiger partial charge in [-0.25, -0.2) is 4.98 Å². The van der Waals surface area contributed by atoms with E-state index in [0.29, 0.717) is 19.0 Å². The highest BCUT2D eigenvalue weighted by Crippen LogP contribution is 2.24. The summed E-state index contributed by atoms with van der Waals surface area (Å²) >= 11 is 1.57. The topological polar surface area (TPSA) is 42.4 Å². The Balaban J connectivity index is 1.38. The summed E-state index contributed by atoms with van der Waals surface area (Å²) < 4.78 is 6.60. The minimum atomic E-state index is 0.0642. The minimum Gasteiger partial charge on any atom is -0.381 e. The number of hydrogen-bond acceptors (Lipinski definition) is 4. The predicted octanol–water partition coefficient (Wildman–Crippen LogP) is 5.64. The van der Waals surface area contributed by atoms with Crippen LogP contribution in [0.25, 0.3) is 21.3 Å². The van der Waals surface area contributed by atoms with E-state index in [1.165, 1.54) is 11.1 Å². The van der Waals surface area contributed by atoms with Gasteiger partial charge in [-0.2, -0.15) is 0 Å². The third-order valence-corrected chi connectivity index (χ3v) is 6.59. The number of benzene rings is 3. The second-order valence-corrected chi connectivity index (χ2v) is 8.90. The van der Waals surface area contributed by atoms with Gasteiger partial charge in [-0.15, -0.1) is 11.3 Å². The number of thiazole rings is 1. The fourth-order valence-electron chi connectivity index (χ4n) is 4.08. The Bertz CT molecular complexity index is 1160. The molecule has 2 heterocycles. The van der Waals surface area contributed by atoms with Gasteiger partial charge in [0.05, 0.1) is 22.3 Å². The fraction of sp³-hybridized carbons (Fsp3) is 0.231. The van der Waals surface area contributed by atoms with Crippen molar-refractivity contribution in [2.75, 3.05) is 19.8 Å². The summed E-state index contributed by atoms with van der Waals surface area (Å²) in [4.78, 5) is 19.8. The van der Waals surface area contributed by atoms with E-state index in [2.05, 4.69) is 41.4 Å². The quantitative estimate of drug-likeness (QED) is 0.399. The van der Waals surface area contributed by atoms with Gasteiger partial charge >= 0.3 is 0 Å². The molecular weight excluding hydrogens is 404 g/mol. The number of hydrogen-bond donors (Lipinski definition) is 0. The highest BCUT2D eigenvalue weighted by molar-refractivity contribution is 7.16. The maximum absolute atomic E-state index is 13.5. The molecule has 4 nitrogen and oxygen atoms in total. The third-order valence-electron chi connectivity index (χ3n) is 5.80. The lowest BCUT2D eigenvalue weighted by Crippen LogP contribution is -2.35. The number of nitrogens with zero attached hydrogens (tertiary/aromatic N) is 2. The highest BCUT2D eigenvalue weighted by atomic mass is 32.1. The molecule has 1 saturated heterocycles. The first-order valence-electron chi connectivity index (χ1n) is 10.6. The molecule has 0 bridgehead atoms. The number of amides is 1. The van der Waals surface area contributed by atoms with Gasteiger partial charge in [0.15, 0.2) is 0 Å². The summed E-state index contributed by atoms with van der Waals surface area (Å²) in [6, 6.07) is 24.7. The standard InChI is InChI=1S/C26H24N2O2S/c29-26(23-10-11-24-25(14-23)31-18-27-24)28(16-20-12-13-30-17-20)15-19-6-8-22(9-7-19)21-4-2-1-3-5-21/h1-11,14,18,20H,12-13,15-17H2. The molecule has 1 aromatic heterocycles. The van der Waals surface area contributed by atoms with Gasteiger partial charge in [-0.3, -0.25) is 4.79 Å². The van der Waals surface area contributed by atoms with Crippen LogP contribution in [0.2, 0.25) is 0 Å². The van der Waals surface area contributed by atoms with E-state index < -0.39 is 0 Å². The zero-order chi connectivity index (χ0) is 21.0. The third kappa shape index (κ3) is 4.53. The van der Waals surface area contributed by atoms with Crippen molar-refractivity contribution in [1.82, 2.24) is 9.88 Å². The van der Waals surface area contributed by atoms with Crippen LogP contribution < -0.4 is 0 Å². The van der Waals surface area contributed by atoms with Crippen molar-refractivity contribution < 1.29 is 9.53 Å². The Kier molecular flexibility index (Phi) is 5.78. The van der Waals surface area contributed by atoms with E-state index in [1.54, 1.807) is 11.3 Å². The zero-order valence-corrected chi connectivity index (χ0v) is 18.1. The van der Waals surface area contributed by atoms with Crippen LogP contribution in [0.15, 0.2) is 78.3 Å². The average molecular weight is 429 g/mol. The van der Waals surface area contributed by atoms with Crippen molar-refractivity contribution in [3.63, 3.8) is 0 Å². The summed E-state index contributed by atoms with van der Waals surface area (Å²) in [6.07, 6.45) is 1.00. The number of fused-ring (bicyclic) bond motifs is 1. The summed E-state index contributed by atoms with van der Waals surface area (Å²) in [6.45, 7) is 2.81. The number of aromatic nitrogens is 1. The van der Waals surface area contributed by atoms with Crippen molar-refractivity contribution in [2.45, 2.75) is 13.0 Å². The van der Waals surface area contributed by atoms with Crippen LogP contribution in [0.3, 0.4) is 0 Å². The molecule has 1 amide bonds. The van der Waals surface area contributed by atoms with Crippen molar-refractivity contribution in [1.29, 1.82) is 0 Å². The number of ether oxygens (including phenoxy) is 1. The van der Waals surface area contributed by atoms with Crippen LogP contribution in [0.4, 0.5) is 0 Å². The van der Waals surface area contributed by atoms with Gasteiger partial charge in [0.1, 0.15) is 0 Å². The Hall–Kier alpha value is -3.02. The van der Waals surface area contributed by atoms with E-state index in [4.69, 9.17) is 4.74 Å². The Morgan fingerprint density at radius 1 is 1.03 bits per heavy atom. The fourth-order valence-corrected chi connectivity index (χ4v) is 4.80. The lowest BCUT2D eigenvalue weighted by atomic mass is 10.0. The maximum Gasteiger partial charge on any atom is 0.254 e. The van der Waals surface area contributed by atoms with E-state index in [1.807, 2.05) is 46.8 Å². The van der Waals surface area contributed by atoms with Crippen molar-refractivity contribution >= 4 is 27.5 Å². The molecule has 156 valence electrons. The molecule has 1 atom stereocenters. The zero-order valence-electron chi connectivity index (χ0n) is 17.2. The summed E-state index contributed by atoms with van der Waals surface area (Å²) in [7, 11) is 0. The van der Waals surface area contributed by atoms with Crippen LogP contribution >= 0.6 is 11.3 Å². The maximum atomic E-state index is 13.5. The molecule has 5 rings (SSSR count). The van der Waals surface area contributed by atoms with Crippen LogP contribution in [0.1, 0.15) is 22.3 Å². The molecule has 0 aliphatic carbocycles. The van der Waals surface area contributed by atoms with Crippen molar-refractivity contribution in [3.8, 4) is 11.1 Å². The Morgan fingerprint density at radius 3 is 2.61 bits per heavy atom. The van der Waals surface area contributed by atoms with Crippen molar-refractivity contribution in [2.24, 2.45) is 5.92 Å². The molecule has 31 heavy (non-hydrogen) atoms. The van der Waals surface area contributed by atoms with E-state index in [0.717, 1.165) is 41.0 Å². The molecule has 4 aromatic rings. The first kappa shape index (κ1) is 19.9. The molecule has 0 spiro atoms. The second kappa shape index (κ2) is 9.00. The second-order valence-electron chi connectivity index (χ2n) is 8.01. The summed E-state index contributed by atoms with van der Waals surface area (Å²) in [5.74, 6) is 0.453. The molecule has 1 unspecified atom stereocenters. The van der Waals surface area contributed by atoms with E-state index in [9.17, 15) is 4.79 Å². The van der Waals surface area contributed by atoms with Gasteiger partial charge in [0.2, 0.25) is 0 Å². The summed E-state index contributed by atoms with van der Waals surface area (Å²) in [5, 5.41) is 0. The molecule has 1 aliphatic heterocycles. The van der Waals surface area contributed by atoms with Crippen LogP contribution in [0.5, 0.6) is 0 Å². The monoisotopic (exact) mass is 428 g/mol. The van der Waals surface area contributed by atoms with Crippen LogP contribution in [0, 0.1) is 5.92 Å². The molecule has 5 heteroatoms. The SMILES string of the molecule is O=C(c1ccc2ncsc2c1)N(Cc1ccc(-c2ccccc2)cc1)CC1CCOC1. The molecule has 0 N–H and O–H groups in total. The Labute approximate surface area is 186 Å². The summed E-state index contributed by atoms with van der Waals surface area (Å²) in [5.41, 5.74) is 6.99. The lowest BCUT2D eigenvalue weighted by molar-refractivity contribution is 0.0706. The smallest absolute Gasteiger partial charge is 0.254 e. The molecule has 1 aliphatic rings. The van der Waals surface area contributed by atoms with Crippen molar-refractivity contribution in [3.05, 3.63) is 89.4 Å². The van der Waals surface area contributed by atoms with Gasteiger partial charge < -0.3 is 9.64 Å². The number of carbonyl (C=O) groups is 1.